The molecule has 1 fully saturated rings. The molecule has 12 heavy (non-hydrogen) atoms. The molecule has 1 aromatic heterocycles. The van der Waals surface area contributed by atoms with Crippen LogP contribution in [-0.4, -0.2) is 23.1 Å². The van der Waals surface area contributed by atoms with Gasteiger partial charge in [-0.25, -0.2) is 4.98 Å². The van der Waals surface area contributed by atoms with Gasteiger partial charge >= 0.3 is 0 Å². The number of halogens is 1. The zero-order valence-electron chi connectivity index (χ0n) is 6.50. The molecule has 0 saturated carbocycles. The number of anilines is 2. The van der Waals surface area contributed by atoms with Gasteiger partial charge in [-0.3, -0.25) is 0 Å². The average Bonchev–Trinajstić information content (AvgIpc) is 1.93. The van der Waals surface area contributed by atoms with E-state index in [0.29, 0.717) is 5.82 Å². The molecular weight excluding hydrogens is 220 g/mol. The van der Waals surface area contributed by atoms with E-state index in [0.717, 1.165) is 23.5 Å². The highest BCUT2D eigenvalue weighted by molar-refractivity contribution is 9.10. The summed E-state index contributed by atoms with van der Waals surface area (Å²) in [6.45, 7) is 2.09. The van der Waals surface area contributed by atoms with Gasteiger partial charge < -0.3 is 10.6 Å². The summed E-state index contributed by atoms with van der Waals surface area (Å²) in [6, 6.07) is 0. The SMILES string of the molecule is Nc1nc(N2CCC2)ncc1Br. The molecule has 2 rings (SSSR count). The lowest BCUT2D eigenvalue weighted by atomic mass is 10.2. The van der Waals surface area contributed by atoms with Crippen molar-refractivity contribution in [3.63, 3.8) is 0 Å². The van der Waals surface area contributed by atoms with Gasteiger partial charge in [-0.15, -0.1) is 0 Å². The molecule has 1 aliphatic heterocycles. The first-order chi connectivity index (χ1) is 5.77. The molecule has 64 valence electrons. The number of hydrogen-bond donors (Lipinski definition) is 1. The molecular formula is C7H9BrN4. The van der Waals surface area contributed by atoms with Crippen molar-refractivity contribution in [3.8, 4) is 0 Å². The predicted molar refractivity (Wildman–Crippen MR) is 51.0 cm³/mol. The van der Waals surface area contributed by atoms with Gasteiger partial charge in [0.2, 0.25) is 5.95 Å². The summed E-state index contributed by atoms with van der Waals surface area (Å²) >= 11 is 3.25. The number of rotatable bonds is 1. The predicted octanol–water partition coefficient (Wildman–Crippen LogP) is 1.03. The van der Waals surface area contributed by atoms with Gasteiger partial charge in [0, 0.05) is 19.3 Å². The van der Waals surface area contributed by atoms with Crippen molar-refractivity contribution in [1.29, 1.82) is 0 Å². The highest BCUT2D eigenvalue weighted by Gasteiger charge is 2.17. The monoisotopic (exact) mass is 228 g/mol. The highest BCUT2D eigenvalue weighted by atomic mass is 79.9. The number of aromatic nitrogens is 2. The van der Waals surface area contributed by atoms with E-state index in [1.165, 1.54) is 6.42 Å². The number of nitrogens with two attached hydrogens (primary N) is 1. The second-order valence-corrected chi connectivity index (χ2v) is 3.60. The Morgan fingerprint density at radius 3 is 2.75 bits per heavy atom. The largest absolute Gasteiger partial charge is 0.383 e. The van der Waals surface area contributed by atoms with Crippen molar-refractivity contribution >= 4 is 27.7 Å². The number of nitrogens with zero attached hydrogens (tertiary/aromatic N) is 3. The molecule has 1 saturated heterocycles. The van der Waals surface area contributed by atoms with E-state index in [2.05, 4.69) is 30.8 Å². The van der Waals surface area contributed by atoms with Crippen LogP contribution in [0.1, 0.15) is 6.42 Å². The minimum Gasteiger partial charge on any atom is -0.383 e. The molecule has 0 aliphatic carbocycles. The van der Waals surface area contributed by atoms with E-state index >= 15 is 0 Å². The lowest BCUT2D eigenvalue weighted by molar-refractivity contribution is 0.600. The molecule has 0 spiro atoms. The van der Waals surface area contributed by atoms with Crippen LogP contribution in [-0.2, 0) is 0 Å². The second-order valence-electron chi connectivity index (χ2n) is 2.74. The Hall–Kier alpha value is -0.840. The normalized spacial score (nSPS) is 15.9. The third-order valence-electron chi connectivity index (χ3n) is 1.90. The molecule has 0 radical (unpaired) electrons. The van der Waals surface area contributed by atoms with Crippen LogP contribution in [0.4, 0.5) is 11.8 Å². The minimum absolute atomic E-state index is 0.506. The Bertz CT molecular complexity index is 297. The van der Waals surface area contributed by atoms with Crippen LogP contribution >= 0.6 is 15.9 Å². The molecule has 2 N–H and O–H groups in total. The van der Waals surface area contributed by atoms with E-state index in [1.807, 2.05) is 0 Å². The lowest BCUT2D eigenvalue weighted by Crippen LogP contribution is -2.38. The van der Waals surface area contributed by atoms with Gasteiger partial charge in [-0.1, -0.05) is 0 Å². The first-order valence-corrected chi connectivity index (χ1v) is 4.59. The molecule has 5 heteroatoms. The Labute approximate surface area is 78.9 Å². The van der Waals surface area contributed by atoms with Crippen molar-refractivity contribution in [1.82, 2.24) is 9.97 Å². The fourth-order valence-corrected chi connectivity index (χ4v) is 1.23. The van der Waals surface area contributed by atoms with Crippen LogP contribution in [0.5, 0.6) is 0 Å². The van der Waals surface area contributed by atoms with Crippen molar-refractivity contribution in [2.45, 2.75) is 6.42 Å². The Kier molecular flexibility index (Phi) is 1.88. The molecule has 2 heterocycles. The van der Waals surface area contributed by atoms with Crippen molar-refractivity contribution in [2.75, 3.05) is 23.7 Å². The fourth-order valence-electron chi connectivity index (χ4n) is 1.04. The van der Waals surface area contributed by atoms with Gasteiger partial charge in [0.25, 0.3) is 0 Å². The molecule has 4 nitrogen and oxygen atoms in total. The second kappa shape index (κ2) is 2.90. The molecule has 0 aromatic carbocycles. The zero-order chi connectivity index (χ0) is 8.55. The third-order valence-corrected chi connectivity index (χ3v) is 2.51. The van der Waals surface area contributed by atoms with Gasteiger partial charge in [0.05, 0.1) is 4.47 Å². The van der Waals surface area contributed by atoms with Crippen LogP contribution in [0.3, 0.4) is 0 Å². The van der Waals surface area contributed by atoms with E-state index in [4.69, 9.17) is 5.73 Å². The summed E-state index contributed by atoms with van der Waals surface area (Å²) in [5, 5.41) is 0. The van der Waals surface area contributed by atoms with Crippen LogP contribution in [0.2, 0.25) is 0 Å². The summed E-state index contributed by atoms with van der Waals surface area (Å²) in [6.07, 6.45) is 2.91. The van der Waals surface area contributed by atoms with Gasteiger partial charge in [0.15, 0.2) is 0 Å². The standard InChI is InChI=1S/C7H9BrN4/c8-5-4-10-7(11-6(5)9)12-2-1-3-12/h4H,1-3H2,(H2,9,10,11). The van der Waals surface area contributed by atoms with Gasteiger partial charge in [-0.05, 0) is 22.4 Å². The number of nitrogen functional groups attached to an aromatic ring is 1. The van der Waals surface area contributed by atoms with Gasteiger partial charge in [-0.2, -0.15) is 4.98 Å². The van der Waals surface area contributed by atoms with Crippen LogP contribution < -0.4 is 10.6 Å². The first kappa shape index (κ1) is 7.79. The van der Waals surface area contributed by atoms with Gasteiger partial charge in [0.1, 0.15) is 5.82 Å². The van der Waals surface area contributed by atoms with Crippen molar-refractivity contribution in [3.05, 3.63) is 10.7 Å². The Balaban J connectivity index is 2.27. The molecule has 0 amide bonds. The summed E-state index contributed by atoms with van der Waals surface area (Å²) in [5.41, 5.74) is 5.61. The summed E-state index contributed by atoms with van der Waals surface area (Å²) in [5.74, 6) is 1.24. The maximum atomic E-state index is 5.61. The highest BCUT2D eigenvalue weighted by Crippen LogP contribution is 2.21. The molecule has 0 atom stereocenters. The topological polar surface area (TPSA) is 55.0 Å². The summed E-state index contributed by atoms with van der Waals surface area (Å²) in [4.78, 5) is 10.4. The molecule has 1 aliphatic rings. The molecule has 0 unspecified atom stereocenters. The molecule has 1 aromatic rings. The van der Waals surface area contributed by atoms with Crippen LogP contribution in [0, 0.1) is 0 Å². The van der Waals surface area contributed by atoms with Crippen LogP contribution in [0.15, 0.2) is 10.7 Å². The zero-order valence-corrected chi connectivity index (χ0v) is 8.08. The summed E-state index contributed by atoms with van der Waals surface area (Å²) in [7, 11) is 0. The van der Waals surface area contributed by atoms with Crippen LogP contribution in [0.25, 0.3) is 0 Å². The van der Waals surface area contributed by atoms with E-state index < -0.39 is 0 Å². The maximum Gasteiger partial charge on any atom is 0.227 e. The minimum atomic E-state index is 0.506. The molecule has 0 bridgehead atoms. The smallest absolute Gasteiger partial charge is 0.227 e. The summed E-state index contributed by atoms with van der Waals surface area (Å²) < 4.78 is 0.756. The first-order valence-electron chi connectivity index (χ1n) is 3.80. The quantitative estimate of drug-likeness (QED) is 0.781. The lowest BCUT2D eigenvalue weighted by Gasteiger charge is -2.30. The van der Waals surface area contributed by atoms with Crippen molar-refractivity contribution < 1.29 is 0 Å². The average molecular weight is 229 g/mol. The van der Waals surface area contributed by atoms with E-state index in [9.17, 15) is 0 Å². The maximum absolute atomic E-state index is 5.61. The Morgan fingerprint density at radius 1 is 1.50 bits per heavy atom. The number of hydrogen-bond acceptors (Lipinski definition) is 4. The Morgan fingerprint density at radius 2 is 2.25 bits per heavy atom. The fraction of sp³-hybridized carbons (Fsp3) is 0.429. The van der Waals surface area contributed by atoms with E-state index in [-0.39, 0.29) is 0 Å². The van der Waals surface area contributed by atoms with Crippen molar-refractivity contribution in [2.24, 2.45) is 0 Å². The van der Waals surface area contributed by atoms with E-state index in [1.54, 1.807) is 6.20 Å². The third kappa shape index (κ3) is 1.24.